The molecule has 3 rings (SSSR count). The lowest BCUT2D eigenvalue weighted by Crippen LogP contribution is -2.66. The molecule has 0 spiro atoms. The summed E-state index contributed by atoms with van der Waals surface area (Å²) in [6.07, 6.45) is -12.8. The van der Waals surface area contributed by atoms with E-state index < -0.39 is 92.1 Å². The van der Waals surface area contributed by atoms with Crippen LogP contribution in [-0.4, -0.2) is 143 Å². The van der Waals surface area contributed by atoms with Gasteiger partial charge in [0.05, 0.1) is 18.3 Å². The Hall–Kier alpha value is -0.520. The largest absolute Gasteiger partial charge is 0.388 e. The van der Waals surface area contributed by atoms with Crippen molar-refractivity contribution >= 4 is 0 Å². The first-order chi connectivity index (χ1) is 17.1. The molecule has 0 amide bonds. The number of rotatable bonds is 9. The highest BCUT2D eigenvalue weighted by molar-refractivity contribution is 4.96. The molecule has 212 valence electrons. The van der Waals surface area contributed by atoms with Crippen LogP contribution in [0.15, 0.2) is 0 Å². The third-order valence-corrected chi connectivity index (χ3v) is 7.21. The monoisotopic (exact) mass is 526 g/mol. The minimum atomic E-state index is -1.21. The Morgan fingerprint density at radius 1 is 0.444 bits per heavy atom. The number of methoxy groups -OCH3 is 5. The molecule has 1 unspecified atom stereocenters. The minimum absolute atomic E-state index is 0.602. The predicted octanol–water partition coefficient (Wildman–Crippen LogP) is -1.22. The fourth-order valence-electron chi connectivity index (χ4n) is 5.13. The van der Waals surface area contributed by atoms with Gasteiger partial charge in [0, 0.05) is 35.5 Å². The summed E-state index contributed by atoms with van der Waals surface area (Å²) in [4.78, 5) is 0. The second-order valence-corrected chi connectivity index (χ2v) is 9.34. The van der Waals surface area contributed by atoms with Crippen LogP contribution in [0.3, 0.4) is 0 Å². The minimum Gasteiger partial charge on any atom is -0.388 e. The molecule has 0 aromatic heterocycles. The van der Waals surface area contributed by atoms with Crippen molar-refractivity contribution in [3.8, 4) is 0 Å². The summed E-state index contributed by atoms with van der Waals surface area (Å²) in [5, 5.41) is 31.6. The summed E-state index contributed by atoms with van der Waals surface area (Å²) in [6, 6.07) is 0. The molecule has 0 aromatic rings. The van der Waals surface area contributed by atoms with Crippen LogP contribution in [0.4, 0.5) is 0 Å². The van der Waals surface area contributed by atoms with Gasteiger partial charge in [0.1, 0.15) is 54.9 Å². The lowest BCUT2D eigenvalue weighted by atomic mass is 9.96. The third-order valence-electron chi connectivity index (χ3n) is 7.21. The number of hydrogen-bond acceptors (Lipinski definition) is 13. The first kappa shape index (κ1) is 30.0. The zero-order valence-corrected chi connectivity index (χ0v) is 22.1. The van der Waals surface area contributed by atoms with Crippen LogP contribution < -0.4 is 0 Å². The van der Waals surface area contributed by atoms with Gasteiger partial charge in [0.2, 0.25) is 0 Å². The lowest BCUT2D eigenvalue weighted by molar-refractivity contribution is -0.385. The maximum atomic E-state index is 10.8. The Balaban J connectivity index is 1.89. The van der Waals surface area contributed by atoms with Crippen LogP contribution in [0.2, 0.25) is 0 Å². The molecule has 0 bridgehead atoms. The second kappa shape index (κ2) is 13.0. The molecule has 3 saturated heterocycles. The normalized spacial score (nSPS) is 50.2. The van der Waals surface area contributed by atoms with E-state index in [2.05, 4.69) is 0 Å². The Bertz CT molecular complexity index is 670. The molecule has 3 aliphatic heterocycles. The average molecular weight is 527 g/mol. The molecule has 0 aliphatic carbocycles. The van der Waals surface area contributed by atoms with Crippen molar-refractivity contribution in [3.05, 3.63) is 0 Å². The number of hydrogen-bond donors (Lipinski definition) is 3. The summed E-state index contributed by atoms with van der Waals surface area (Å²) >= 11 is 0. The summed E-state index contributed by atoms with van der Waals surface area (Å²) in [5.74, 6) is 0. The molecular formula is C23H42O13. The zero-order valence-electron chi connectivity index (χ0n) is 22.1. The van der Waals surface area contributed by atoms with E-state index in [4.69, 9.17) is 47.4 Å². The Morgan fingerprint density at radius 2 is 0.861 bits per heavy atom. The smallest absolute Gasteiger partial charge is 0.187 e. The summed E-state index contributed by atoms with van der Waals surface area (Å²) in [6.45, 7) is 5.11. The Morgan fingerprint density at radius 3 is 1.33 bits per heavy atom. The van der Waals surface area contributed by atoms with Gasteiger partial charge in [-0.25, -0.2) is 0 Å². The summed E-state index contributed by atoms with van der Waals surface area (Å²) in [7, 11) is 7.28. The SMILES string of the molecule is CO[C@@H]1[C@@H](O)[C@H](C)O[C@@H](O[C@H]2[C@H](O[C@@H]3[C@@H](OC)[C@@H](OC)C(O)O[C@H]3C)O[C@@H](C)[C@H](O)[C@H]2OC)[C@@H]1OC. The van der Waals surface area contributed by atoms with Crippen molar-refractivity contribution in [2.75, 3.05) is 35.5 Å². The van der Waals surface area contributed by atoms with E-state index in [1.807, 2.05) is 0 Å². The van der Waals surface area contributed by atoms with E-state index in [0.29, 0.717) is 0 Å². The molecule has 15 atom stereocenters. The van der Waals surface area contributed by atoms with E-state index in [9.17, 15) is 15.3 Å². The van der Waals surface area contributed by atoms with Crippen LogP contribution in [-0.2, 0) is 47.4 Å². The van der Waals surface area contributed by atoms with Crippen molar-refractivity contribution < 1.29 is 62.7 Å². The molecule has 3 N–H and O–H groups in total. The van der Waals surface area contributed by atoms with E-state index >= 15 is 0 Å². The standard InChI is InChI=1S/C23H42O13/c1-9-12(24)15(27-4)19(31-8)22(33-9)36-20-16(28-5)13(25)10(2)34-23(20)35-14-11(3)32-21(26)18(30-7)17(14)29-6/h9-26H,1-8H3/t9-,10-,11-,12-,13-,14-,15+,16+,17+,18+,19+,20+,21?,22-,23-/m0/s1. The van der Waals surface area contributed by atoms with Gasteiger partial charge in [-0.05, 0) is 20.8 Å². The number of aliphatic hydroxyl groups is 3. The second-order valence-electron chi connectivity index (χ2n) is 9.34. The maximum absolute atomic E-state index is 10.8. The molecule has 3 heterocycles. The molecule has 0 saturated carbocycles. The molecule has 3 aliphatic rings. The van der Waals surface area contributed by atoms with E-state index in [0.717, 1.165) is 0 Å². The van der Waals surface area contributed by atoms with E-state index in [-0.39, 0.29) is 0 Å². The molecule has 13 heteroatoms. The van der Waals surface area contributed by atoms with Crippen LogP contribution in [0.5, 0.6) is 0 Å². The van der Waals surface area contributed by atoms with Crippen molar-refractivity contribution in [1.82, 2.24) is 0 Å². The topological polar surface area (TPSA) is 153 Å². The van der Waals surface area contributed by atoms with Gasteiger partial charge in [0.15, 0.2) is 18.9 Å². The lowest BCUT2D eigenvalue weighted by Gasteiger charge is -2.49. The van der Waals surface area contributed by atoms with Gasteiger partial charge < -0.3 is 62.7 Å². The molecule has 3 fully saturated rings. The molecule has 0 radical (unpaired) electrons. The van der Waals surface area contributed by atoms with Crippen LogP contribution in [0, 0.1) is 0 Å². The summed E-state index contributed by atoms with van der Waals surface area (Å²) < 4.78 is 57.8. The molecule has 0 aromatic carbocycles. The first-order valence-corrected chi connectivity index (χ1v) is 12.1. The molecular weight excluding hydrogens is 484 g/mol. The van der Waals surface area contributed by atoms with Crippen molar-refractivity contribution in [3.63, 3.8) is 0 Å². The van der Waals surface area contributed by atoms with Gasteiger partial charge in [-0.1, -0.05) is 0 Å². The van der Waals surface area contributed by atoms with E-state index in [1.54, 1.807) is 20.8 Å². The quantitative estimate of drug-likeness (QED) is 0.329. The highest BCUT2D eigenvalue weighted by Gasteiger charge is 2.54. The van der Waals surface area contributed by atoms with Crippen LogP contribution >= 0.6 is 0 Å². The Kier molecular flexibility index (Phi) is 10.9. The third kappa shape index (κ3) is 5.88. The highest BCUT2D eigenvalue weighted by atomic mass is 16.8. The van der Waals surface area contributed by atoms with Gasteiger partial charge in [-0.3, -0.25) is 0 Å². The van der Waals surface area contributed by atoms with Crippen molar-refractivity contribution in [2.24, 2.45) is 0 Å². The average Bonchev–Trinajstić information content (AvgIpc) is 2.85. The van der Waals surface area contributed by atoms with Gasteiger partial charge >= 0.3 is 0 Å². The van der Waals surface area contributed by atoms with Gasteiger partial charge in [-0.2, -0.15) is 0 Å². The van der Waals surface area contributed by atoms with Crippen molar-refractivity contribution in [1.29, 1.82) is 0 Å². The highest BCUT2D eigenvalue weighted by Crippen LogP contribution is 2.35. The number of aliphatic hydroxyl groups excluding tert-OH is 3. The summed E-state index contributed by atoms with van der Waals surface area (Å²) in [5.41, 5.74) is 0. The molecule has 13 nitrogen and oxygen atoms in total. The first-order valence-electron chi connectivity index (χ1n) is 12.1. The van der Waals surface area contributed by atoms with Crippen LogP contribution in [0.1, 0.15) is 20.8 Å². The fourth-order valence-corrected chi connectivity index (χ4v) is 5.13. The Labute approximate surface area is 211 Å². The van der Waals surface area contributed by atoms with Gasteiger partial charge in [0.25, 0.3) is 0 Å². The number of ether oxygens (including phenoxy) is 10. The maximum Gasteiger partial charge on any atom is 0.187 e. The van der Waals surface area contributed by atoms with Crippen molar-refractivity contribution in [2.45, 2.75) is 113 Å². The van der Waals surface area contributed by atoms with E-state index in [1.165, 1.54) is 35.5 Å². The van der Waals surface area contributed by atoms with Crippen LogP contribution in [0.25, 0.3) is 0 Å². The molecule has 36 heavy (non-hydrogen) atoms. The van der Waals surface area contributed by atoms with Gasteiger partial charge in [-0.15, -0.1) is 0 Å². The fraction of sp³-hybridized carbons (Fsp3) is 1.00. The predicted molar refractivity (Wildman–Crippen MR) is 121 cm³/mol. The zero-order chi connectivity index (χ0) is 26.7.